The number of allylic oxidation sites excluding steroid dienone is 1. The van der Waals surface area contributed by atoms with E-state index in [-0.39, 0.29) is 37.3 Å². The minimum Gasteiger partial charge on any atom is -0.490 e. The van der Waals surface area contributed by atoms with Crippen molar-refractivity contribution in [3.63, 3.8) is 0 Å². The number of ketones is 1. The zero-order valence-corrected chi connectivity index (χ0v) is 22.1. The van der Waals surface area contributed by atoms with E-state index in [0.29, 0.717) is 45.7 Å². The lowest BCUT2D eigenvalue weighted by atomic mass is 9.99. The first-order valence-electron chi connectivity index (χ1n) is 11.7. The molecule has 0 saturated heterocycles. The fourth-order valence-electron chi connectivity index (χ4n) is 3.69. The van der Waals surface area contributed by atoms with Gasteiger partial charge >= 0.3 is 5.97 Å². The van der Waals surface area contributed by atoms with E-state index in [4.69, 9.17) is 37.1 Å². The van der Waals surface area contributed by atoms with Crippen molar-refractivity contribution in [2.24, 2.45) is 0 Å². The Bertz CT molecular complexity index is 1250. The standard InChI is InChI=1S/C28H29Cl2NO5/c1-5-6-20-15-19(7-12-26(20)35-14-13-34-18(4)32)25(33)11-10-24-27(17(2)3)36-28(31-24)22-9-8-21(29)16-23(22)30/h5,7-9,12,15-17H,1,6,10-11,13-14H2,2-4H3. The molecule has 0 unspecified atom stereocenters. The van der Waals surface area contributed by atoms with Crippen LogP contribution in [-0.4, -0.2) is 30.0 Å². The molecule has 0 spiro atoms. The molecule has 0 aliphatic heterocycles. The van der Waals surface area contributed by atoms with E-state index in [0.717, 1.165) is 17.0 Å². The lowest BCUT2D eigenvalue weighted by Gasteiger charge is -2.12. The molecule has 0 bridgehead atoms. The minimum atomic E-state index is -0.359. The number of hydrogen-bond acceptors (Lipinski definition) is 6. The number of esters is 1. The Morgan fingerprint density at radius 1 is 1.14 bits per heavy atom. The number of nitrogens with zero attached hydrogens (tertiary/aromatic N) is 1. The quantitative estimate of drug-likeness (QED) is 0.106. The number of oxazole rings is 1. The van der Waals surface area contributed by atoms with E-state index in [1.54, 1.807) is 36.4 Å². The molecule has 0 amide bonds. The first kappa shape index (κ1) is 27.5. The average molecular weight is 530 g/mol. The molecule has 0 atom stereocenters. The van der Waals surface area contributed by atoms with Crippen molar-refractivity contribution in [1.82, 2.24) is 4.98 Å². The van der Waals surface area contributed by atoms with Gasteiger partial charge in [-0.2, -0.15) is 0 Å². The van der Waals surface area contributed by atoms with Crippen molar-refractivity contribution >= 4 is 35.0 Å². The van der Waals surface area contributed by atoms with Gasteiger partial charge in [-0.25, -0.2) is 4.98 Å². The molecule has 6 nitrogen and oxygen atoms in total. The Balaban J connectivity index is 1.74. The Labute approximate surface area is 221 Å². The normalized spacial score (nSPS) is 10.9. The summed E-state index contributed by atoms with van der Waals surface area (Å²) >= 11 is 12.4. The highest BCUT2D eigenvalue weighted by molar-refractivity contribution is 6.36. The molecule has 0 N–H and O–H groups in total. The van der Waals surface area contributed by atoms with Gasteiger partial charge in [0.15, 0.2) is 5.78 Å². The molecule has 0 fully saturated rings. The van der Waals surface area contributed by atoms with Crippen molar-refractivity contribution in [2.45, 2.75) is 46.0 Å². The van der Waals surface area contributed by atoms with Crippen LogP contribution in [0.4, 0.5) is 0 Å². The first-order valence-corrected chi connectivity index (χ1v) is 12.4. The van der Waals surface area contributed by atoms with Crippen molar-refractivity contribution in [3.05, 3.63) is 81.7 Å². The van der Waals surface area contributed by atoms with Gasteiger partial charge in [-0.15, -0.1) is 6.58 Å². The molecule has 3 rings (SSSR count). The zero-order chi connectivity index (χ0) is 26.2. The Morgan fingerprint density at radius 2 is 1.92 bits per heavy atom. The zero-order valence-electron chi connectivity index (χ0n) is 20.6. The summed E-state index contributed by atoms with van der Waals surface area (Å²) in [5.74, 6) is 1.48. The van der Waals surface area contributed by atoms with Gasteiger partial charge < -0.3 is 13.9 Å². The van der Waals surface area contributed by atoms with Crippen LogP contribution in [0, 0.1) is 0 Å². The molecular weight excluding hydrogens is 501 g/mol. The largest absolute Gasteiger partial charge is 0.490 e. The van der Waals surface area contributed by atoms with E-state index < -0.39 is 0 Å². The molecule has 0 saturated carbocycles. The Kier molecular flexibility index (Phi) is 9.73. The van der Waals surface area contributed by atoms with Crippen LogP contribution in [0.25, 0.3) is 11.5 Å². The first-order chi connectivity index (χ1) is 17.2. The molecule has 1 heterocycles. The monoisotopic (exact) mass is 529 g/mol. The predicted molar refractivity (Wildman–Crippen MR) is 141 cm³/mol. The number of carbonyl (C=O) groups excluding carboxylic acids is 2. The summed E-state index contributed by atoms with van der Waals surface area (Å²) in [6, 6.07) is 10.5. The Hall–Kier alpha value is -3.09. The SMILES string of the molecule is C=CCc1cc(C(=O)CCc2nc(-c3ccc(Cl)cc3Cl)oc2C(C)C)ccc1OCCOC(C)=O. The van der Waals surface area contributed by atoms with Crippen LogP contribution in [-0.2, 0) is 22.4 Å². The third-order valence-corrected chi connectivity index (χ3v) is 5.94. The number of aryl methyl sites for hydroxylation is 1. The smallest absolute Gasteiger partial charge is 0.302 e. The molecule has 2 aromatic carbocycles. The summed E-state index contributed by atoms with van der Waals surface area (Å²) in [6.45, 7) is 9.54. The van der Waals surface area contributed by atoms with Crippen LogP contribution in [0.3, 0.4) is 0 Å². The minimum absolute atomic E-state index is 0.0180. The molecule has 0 aliphatic carbocycles. The summed E-state index contributed by atoms with van der Waals surface area (Å²) in [5, 5.41) is 0.980. The number of Topliss-reactive ketones (excluding diaryl/α,β-unsaturated/α-hetero) is 1. The van der Waals surface area contributed by atoms with Crippen LogP contribution in [0.2, 0.25) is 10.0 Å². The summed E-state index contributed by atoms with van der Waals surface area (Å²) in [7, 11) is 0. The molecule has 1 aromatic heterocycles. The number of hydrogen-bond donors (Lipinski definition) is 0. The predicted octanol–water partition coefficient (Wildman–Crippen LogP) is 7.26. The molecule has 3 aromatic rings. The maximum absolute atomic E-state index is 13.1. The number of rotatable bonds is 12. The average Bonchev–Trinajstić information content (AvgIpc) is 3.25. The van der Waals surface area contributed by atoms with Crippen molar-refractivity contribution in [3.8, 4) is 17.2 Å². The van der Waals surface area contributed by atoms with E-state index in [9.17, 15) is 9.59 Å². The summed E-state index contributed by atoms with van der Waals surface area (Å²) in [6.07, 6.45) is 2.98. The highest BCUT2D eigenvalue weighted by Gasteiger charge is 2.20. The van der Waals surface area contributed by atoms with Gasteiger partial charge in [0.2, 0.25) is 5.89 Å². The van der Waals surface area contributed by atoms with Gasteiger partial charge in [0.1, 0.15) is 24.7 Å². The third-order valence-electron chi connectivity index (χ3n) is 5.40. The number of aromatic nitrogens is 1. The van der Waals surface area contributed by atoms with Gasteiger partial charge in [-0.1, -0.05) is 43.1 Å². The van der Waals surface area contributed by atoms with Gasteiger partial charge in [0, 0.05) is 36.3 Å². The van der Waals surface area contributed by atoms with E-state index in [2.05, 4.69) is 11.6 Å². The van der Waals surface area contributed by atoms with Crippen molar-refractivity contribution in [2.75, 3.05) is 13.2 Å². The van der Waals surface area contributed by atoms with Crippen LogP contribution >= 0.6 is 23.2 Å². The fourth-order valence-corrected chi connectivity index (χ4v) is 4.18. The number of halogens is 2. The number of ether oxygens (including phenoxy) is 2. The topological polar surface area (TPSA) is 78.6 Å². The number of carbonyl (C=O) groups is 2. The van der Waals surface area contributed by atoms with E-state index >= 15 is 0 Å². The second-order valence-electron chi connectivity index (χ2n) is 8.54. The summed E-state index contributed by atoms with van der Waals surface area (Å²) in [4.78, 5) is 28.6. The highest BCUT2D eigenvalue weighted by Crippen LogP contribution is 2.33. The summed E-state index contributed by atoms with van der Waals surface area (Å²) < 4.78 is 16.7. The van der Waals surface area contributed by atoms with Crippen LogP contribution < -0.4 is 4.74 Å². The maximum Gasteiger partial charge on any atom is 0.302 e. The fraction of sp³-hybridized carbons (Fsp3) is 0.321. The summed E-state index contributed by atoms with van der Waals surface area (Å²) in [5.41, 5.74) is 2.80. The highest BCUT2D eigenvalue weighted by atomic mass is 35.5. The number of benzene rings is 2. The molecule has 0 aliphatic rings. The van der Waals surface area contributed by atoms with Crippen molar-refractivity contribution < 1.29 is 23.5 Å². The molecule has 0 radical (unpaired) electrons. The van der Waals surface area contributed by atoms with E-state index in [1.807, 2.05) is 19.9 Å². The third kappa shape index (κ3) is 7.21. The molecular formula is C28H29Cl2NO5. The molecule has 190 valence electrons. The second kappa shape index (κ2) is 12.7. The van der Waals surface area contributed by atoms with Crippen molar-refractivity contribution in [1.29, 1.82) is 0 Å². The molecule has 8 heteroatoms. The van der Waals surface area contributed by atoms with Gasteiger partial charge in [0.05, 0.1) is 16.3 Å². The van der Waals surface area contributed by atoms with Crippen LogP contribution in [0.15, 0.2) is 53.5 Å². The van der Waals surface area contributed by atoms with Gasteiger partial charge in [-0.05, 0) is 48.4 Å². The van der Waals surface area contributed by atoms with Gasteiger partial charge in [0.25, 0.3) is 0 Å². The van der Waals surface area contributed by atoms with E-state index in [1.165, 1.54) is 6.92 Å². The lowest BCUT2D eigenvalue weighted by molar-refractivity contribution is -0.141. The lowest BCUT2D eigenvalue weighted by Crippen LogP contribution is -2.11. The van der Waals surface area contributed by atoms with Crippen LogP contribution in [0.5, 0.6) is 5.75 Å². The van der Waals surface area contributed by atoms with Crippen LogP contribution in [0.1, 0.15) is 60.5 Å². The maximum atomic E-state index is 13.1. The molecule has 36 heavy (non-hydrogen) atoms. The van der Waals surface area contributed by atoms with Gasteiger partial charge in [-0.3, -0.25) is 9.59 Å². The second-order valence-corrected chi connectivity index (χ2v) is 9.38. The Morgan fingerprint density at radius 3 is 2.58 bits per heavy atom.